The first-order valence-electron chi connectivity index (χ1n) is 7.47. The highest BCUT2D eigenvalue weighted by atomic mass is 16.1. The van der Waals surface area contributed by atoms with Crippen LogP contribution in [0, 0.1) is 0 Å². The summed E-state index contributed by atoms with van der Waals surface area (Å²) in [6.07, 6.45) is 4.74. The Bertz CT molecular complexity index is 647. The molecule has 2 aromatic carbocycles. The number of amides is 1. The summed E-state index contributed by atoms with van der Waals surface area (Å²) in [6, 6.07) is 13.9. The van der Waals surface area contributed by atoms with Gasteiger partial charge in [-0.3, -0.25) is 4.79 Å². The normalized spacial score (nSPS) is 13.0. The lowest BCUT2D eigenvalue weighted by atomic mass is 10.1. The molecule has 0 saturated heterocycles. The standard InChI is InChI=1S/C18H20N2O/c19-16-8-4-13(5-9-16)6-11-18(21)20-17-10-7-14-2-1-3-15(14)12-17/h4-5,7-10,12H,1-3,6,11,19H2,(H,20,21). The number of nitrogens with one attached hydrogen (secondary N) is 1. The Morgan fingerprint density at radius 2 is 1.81 bits per heavy atom. The lowest BCUT2D eigenvalue weighted by Gasteiger charge is -2.08. The molecule has 108 valence electrons. The molecular formula is C18H20N2O. The van der Waals surface area contributed by atoms with Crippen molar-refractivity contribution in [2.24, 2.45) is 0 Å². The van der Waals surface area contributed by atoms with Gasteiger partial charge in [-0.1, -0.05) is 18.2 Å². The van der Waals surface area contributed by atoms with Crippen LogP contribution in [-0.2, 0) is 24.1 Å². The lowest BCUT2D eigenvalue weighted by Crippen LogP contribution is -2.12. The molecule has 0 aliphatic heterocycles. The smallest absolute Gasteiger partial charge is 0.224 e. The van der Waals surface area contributed by atoms with Gasteiger partial charge >= 0.3 is 0 Å². The largest absolute Gasteiger partial charge is 0.399 e. The molecule has 0 atom stereocenters. The lowest BCUT2D eigenvalue weighted by molar-refractivity contribution is -0.116. The monoisotopic (exact) mass is 280 g/mol. The van der Waals surface area contributed by atoms with Crippen molar-refractivity contribution in [1.82, 2.24) is 0 Å². The van der Waals surface area contributed by atoms with Crippen molar-refractivity contribution in [3.05, 3.63) is 59.2 Å². The van der Waals surface area contributed by atoms with Gasteiger partial charge in [0.25, 0.3) is 0 Å². The predicted octanol–water partition coefficient (Wildman–Crippen LogP) is 3.33. The number of aryl methyl sites for hydroxylation is 3. The van der Waals surface area contributed by atoms with Crippen LogP contribution in [0.2, 0.25) is 0 Å². The summed E-state index contributed by atoms with van der Waals surface area (Å²) in [5.74, 6) is 0.0600. The highest BCUT2D eigenvalue weighted by Crippen LogP contribution is 2.25. The van der Waals surface area contributed by atoms with E-state index in [2.05, 4.69) is 17.4 Å². The van der Waals surface area contributed by atoms with Crippen molar-refractivity contribution in [2.45, 2.75) is 32.1 Å². The van der Waals surface area contributed by atoms with Crippen LogP contribution >= 0.6 is 0 Å². The van der Waals surface area contributed by atoms with Gasteiger partial charge in [0.1, 0.15) is 0 Å². The number of carbonyl (C=O) groups excluding carboxylic acids is 1. The summed E-state index contributed by atoms with van der Waals surface area (Å²) < 4.78 is 0. The first-order valence-corrected chi connectivity index (χ1v) is 7.47. The van der Waals surface area contributed by atoms with E-state index in [0.29, 0.717) is 6.42 Å². The molecule has 3 nitrogen and oxygen atoms in total. The van der Waals surface area contributed by atoms with E-state index in [1.165, 1.54) is 24.0 Å². The first-order chi connectivity index (χ1) is 10.2. The summed E-state index contributed by atoms with van der Waals surface area (Å²) in [6.45, 7) is 0. The molecule has 0 fully saturated rings. The van der Waals surface area contributed by atoms with Gasteiger partial charge in [0.2, 0.25) is 5.91 Å². The van der Waals surface area contributed by atoms with Crippen LogP contribution in [0.5, 0.6) is 0 Å². The molecule has 0 saturated carbocycles. The predicted molar refractivity (Wildman–Crippen MR) is 86.3 cm³/mol. The van der Waals surface area contributed by atoms with Gasteiger partial charge in [-0.2, -0.15) is 0 Å². The van der Waals surface area contributed by atoms with E-state index in [1.807, 2.05) is 30.3 Å². The Kier molecular flexibility index (Phi) is 3.91. The van der Waals surface area contributed by atoms with E-state index in [-0.39, 0.29) is 5.91 Å². The van der Waals surface area contributed by atoms with Crippen LogP contribution < -0.4 is 11.1 Å². The maximum atomic E-state index is 12.0. The number of fused-ring (bicyclic) bond motifs is 1. The Morgan fingerprint density at radius 3 is 2.62 bits per heavy atom. The van der Waals surface area contributed by atoms with E-state index < -0.39 is 0 Å². The molecule has 0 bridgehead atoms. The second-order valence-corrected chi connectivity index (χ2v) is 5.63. The zero-order valence-electron chi connectivity index (χ0n) is 12.1. The first kappa shape index (κ1) is 13.7. The minimum absolute atomic E-state index is 0.0600. The summed E-state index contributed by atoms with van der Waals surface area (Å²) in [4.78, 5) is 12.0. The average Bonchev–Trinajstić information content (AvgIpc) is 2.94. The summed E-state index contributed by atoms with van der Waals surface area (Å²) in [7, 11) is 0. The van der Waals surface area contributed by atoms with Gasteiger partial charge in [0.05, 0.1) is 0 Å². The maximum Gasteiger partial charge on any atom is 0.224 e. The van der Waals surface area contributed by atoms with Crippen molar-refractivity contribution in [2.75, 3.05) is 11.1 Å². The van der Waals surface area contributed by atoms with Crippen LogP contribution in [0.1, 0.15) is 29.5 Å². The third-order valence-electron chi connectivity index (χ3n) is 4.00. The minimum atomic E-state index is 0.0600. The molecule has 0 aromatic heterocycles. The topological polar surface area (TPSA) is 55.1 Å². The minimum Gasteiger partial charge on any atom is -0.399 e. The number of nitrogens with two attached hydrogens (primary N) is 1. The molecule has 3 rings (SSSR count). The third-order valence-corrected chi connectivity index (χ3v) is 4.00. The molecule has 3 heteroatoms. The van der Waals surface area contributed by atoms with Crippen LogP contribution in [0.4, 0.5) is 11.4 Å². The molecule has 0 unspecified atom stereocenters. The summed E-state index contributed by atoms with van der Waals surface area (Å²) in [5, 5.41) is 2.99. The number of hydrogen-bond acceptors (Lipinski definition) is 2. The average molecular weight is 280 g/mol. The Hall–Kier alpha value is -2.29. The SMILES string of the molecule is Nc1ccc(CCC(=O)Nc2ccc3c(c2)CCC3)cc1. The highest BCUT2D eigenvalue weighted by Gasteiger charge is 2.11. The quantitative estimate of drug-likeness (QED) is 0.844. The van der Waals surface area contributed by atoms with E-state index >= 15 is 0 Å². The zero-order chi connectivity index (χ0) is 14.7. The van der Waals surface area contributed by atoms with Crippen LogP contribution in [0.25, 0.3) is 0 Å². The van der Waals surface area contributed by atoms with Crippen molar-refractivity contribution in [3.8, 4) is 0 Å². The fourth-order valence-corrected chi connectivity index (χ4v) is 2.82. The van der Waals surface area contributed by atoms with E-state index in [0.717, 1.165) is 29.8 Å². The summed E-state index contributed by atoms with van der Waals surface area (Å²) in [5.41, 5.74) is 11.3. The molecule has 0 spiro atoms. The fraction of sp³-hybridized carbons (Fsp3) is 0.278. The van der Waals surface area contributed by atoms with Crippen molar-refractivity contribution in [1.29, 1.82) is 0 Å². The van der Waals surface area contributed by atoms with E-state index in [4.69, 9.17) is 5.73 Å². The molecule has 21 heavy (non-hydrogen) atoms. The Morgan fingerprint density at radius 1 is 1.05 bits per heavy atom. The molecule has 1 aliphatic carbocycles. The van der Waals surface area contributed by atoms with Crippen molar-refractivity contribution >= 4 is 17.3 Å². The number of benzene rings is 2. The second-order valence-electron chi connectivity index (χ2n) is 5.63. The Labute approximate surface area is 125 Å². The second kappa shape index (κ2) is 6.00. The molecule has 1 amide bonds. The fourth-order valence-electron chi connectivity index (χ4n) is 2.82. The van der Waals surface area contributed by atoms with Gasteiger partial charge in [-0.25, -0.2) is 0 Å². The number of rotatable bonds is 4. The molecule has 0 heterocycles. The van der Waals surface area contributed by atoms with E-state index in [1.54, 1.807) is 0 Å². The van der Waals surface area contributed by atoms with Crippen LogP contribution in [0.15, 0.2) is 42.5 Å². The van der Waals surface area contributed by atoms with Crippen LogP contribution in [-0.4, -0.2) is 5.91 Å². The Balaban J connectivity index is 1.55. The van der Waals surface area contributed by atoms with Gasteiger partial charge in [0, 0.05) is 17.8 Å². The zero-order valence-corrected chi connectivity index (χ0v) is 12.1. The molecule has 0 radical (unpaired) electrons. The van der Waals surface area contributed by atoms with Gasteiger partial charge in [-0.05, 0) is 66.6 Å². The highest BCUT2D eigenvalue weighted by molar-refractivity contribution is 5.91. The third kappa shape index (κ3) is 3.43. The number of hydrogen-bond donors (Lipinski definition) is 2. The number of nitrogen functional groups attached to an aromatic ring is 1. The number of anilines is 2. The maximum absolute atomic E-state index is 12.0. The molecular weight excluding hydrogens is 260 g/mol. The van der Waals surface area contributed by atoms with Crippen molar-refractivity contribution < 1.29 is 4.79 Å². The number of carbonyl (C=O) groups is 1. The van der Waals surface area contributed by atoms with Gasteiger partial charge < -0.3 is 11.1 Å². The van der Waals surface area contributed by atoms with Gasteiger partial charge in [0.15, 0.2) is 0 Å². The molecule has 2 aromatic rings. The summed E-state index contributed by atoms with van der Waals surface area (Å²) >= 11 is 0. The van der Waals surface area contributed by atoms with Gasteiger partial charge in [-0.15, -0.1) is 0 Å². The molecule has 1 aliphatic rings. The van der Waals surface area contributed by atoms with E-state index in [9.17, 15) is 4.79 Å². The van der Waals surface area contributed by atoms with Crippen molar-refractivity contribution in [3.63, 3.8) is 0 Å². The molecule has 3 N–H and O–H groups in total. The van der Waals surface area contributed by atoms with Crippen LogP contribution in [0.3, 0.4) is 0 Å².